The molecule has 1 aromatic heterocycles. The van der Waals surface area contributed by atoms with Crippen LogP contribution >= 0.6 is 0 Å². The Labute approximate surface area is 224 Å². The van der Waals surface area contributed by atoms with Crippen molar-refractivity contribution in [1.29, 1.82) is 0 Å². The highest BCUT2D eigenvalue weighted by atomic mass is 28.4. The molecule has 1 rings (SSSR count). The number of rotatable bonds is 14. The molecule has 1 aromatic rings. The topological polar surface area (TPSA) is 91.0 Å². The lowest BCUT2D eigenvalue weighted by atomic mass is 9.79. The van der Waals surface area contributed by atoms with E-state index in [2.05, 4.69) is 63.5 Å². The van der Waals surface area contributed by atoms with Gasteiger partial charge in [-0.2, -0.15) is 0 Å². The number of aliphatic hydroxyl groups is 1. The predicted octanol–water partition coefficient (Wildman–Crippen LogP) is 6.43. The highest BCUT2D eigenvalue weighted by Crippen LogP contribution is 2.41. The predicted molar refractivity (Wildman–Crippen MR) is 151 cm³/mol. The molecule has 0 aliphatic rings. The van der Waals surface area contributed by atoms with Crippen LogP contribution in [0.2, 0.25) is 18.1 Å². The summed E-state index contributed by atoms with van der Waals surface area (Å²) in [5.41, 5.74) is -0.315. The van der Waals surface area contributed by atoms with Crippen molar-refractivity contribution in [2.75, 3.05) is 14.2 Å². The van der Waals surface area contributed by atoms with Crippen molar-refractivity contribution in [3.8, 4) is 0 Å². The van der Waals surface area contributed by atoms with E-state index >= 15 is 0 Å². The summed E-state index contributed by atoms with van der Waals surface area (Å²) < 4.78 is 22.1. The number of aromatic nitrogens is 1. The number of esters is 1. The number of nitrogens with zero attached hydrogens (tertiary/aromatic N) is 1. The fourth-order valence-electron chi connectivity index (χ4n) is 3.21. The van der Waals surface area contributed by atoms with Crippen LogP contribution in [0.3, 0.4) is 0 Å². The first kappa shape index (κ1) is 32.8. The number of aliphatic hydroxyl groups excluding tert-OH is 1. The molecule has 0 spiro atoms. The van der Waals surface area contributed by atoms with Crippen LogP contribution in [0.15, 0.2) is 59.3 Å². The van der Waals surface area contributed by atoms with Gasteiger partial charge in [0.25, 0.3) is 0 Å². The molecule has 3 atom stereocenters. The summed E-state index contributed by atoms with van der Waals surface area (Å²) >= 11 is 0. The third-order valence-corrected chi connectivity index (χ3v) is 11.4. The van der Waals surface area contributed by atoms with E-state index < -0.39 is 25.8 Å². The molecule has 0 bridgehead atoms. The Morgan fingerprint density at radius 1 is 1.11 bits per heavy atom. The maximum Gasteiger partial charge on any atom is 0.360 e. The van der Waals surface area contributed by atoms with Crippen LogP contribution in [-0.4, -0.2) is 56.9 Å². The Bertz CT molecular complexity index is 952. The van der Waals surface area contributed by atoms with Gasteiger partial charge >= 0.3 is 5.97 Å². The number of methoxy groups -OCH3 is 2. The second-order valence-electron chi connectivity index (χ2n) is 11.2. The number of carbonyl (C=O) groups is 1. The molecule has 8 heteroatoms. The minimum absolute atomic E-state index is 0.0916. The first-order valence-corrected chi connectivity index (χ1v) is 15.6. The highest BCUT2D eigenvalue weighted by molar-refractivity contribution is 6.74. The van der Waals surface area contributed by atoms with Gasteiger partial charge in [-0.25, -0.2) is 9.78 Å². The van der Waals surface area contributed by atoms with Crippen LogP contribution in [0.5, 0.6) is 0 Å². The number of hydrogen-bond donors (Lipinski definition) is 1. The molecule has 0 aliphatic heterocycles. The standard InChI is InChI=1S/C29H47NO6Si/c1-11-17-25(36-37(9,10)28(2,3)4)29(5,6)24(31)19-16-14-12-13-15-18-22(33-7)20-26-30-23(21-35-26)27(32)34-8/h11-18,21-22,24-25,31H,19-20H2,1-10H3/b13-12-,16-14-,17-11+,18-15+/t22-,24+,25-/m1/s1. The van der Waals surface area contributed by atoms with Crippen molar-refractivity contribution in [3.05, 3.63) is 66.5 Å². The number of carbonyl (C=O) groups excluding carboxylic acids is 1. The van der Waals surface area contributed by atoms with E-state index in [9.17, 15) is 9.90 Å². The van der Waals surface area contributed by atoms with Crippen LogP contribution in [0.25, 0.3) is 0 Å². The summed E-state index contributed by atoms with van der Waals surface area (Å²) in [7, 11) is 0.898. The zero-order chi connectivity index (χ0) is 28.3. The Morgan fingerprint density at radius 2 is 1.76 bits per heavy atom. The summed E-state index contributed by atoms with van der Waals surface area (Å²) in [5, 5.41) is 11.1. The molecule has 7 nitrogen and oxygen atoms in total. The van der Waals surface area contributed by atoms with E-state index in [1.54, 1.807) is 7.11 Å². The zero-order valence-corrected chi connectivity index (χ0v) is 25.3. The highest BCUT2D eigenvalue weighted by Gasteiger charge is 2.44. The molecule has 0 aliphatic carbocycles. The number of ether oxygens (including phenoxy) is 2. The molecule has 0 radical (unpaired) electrons. The van der Waals surface area contributed by atoms with Crippen molar-refractivity contribution in [2.24, 2.45) is 5.41 Å². The van der Waals surface area contributed by atoms with Gasteiger partial charge in [0, 0.05) is 12.5 Å². The number of oxazole rings is 1. The van der Waals surface area contributed by atoms with E-state index in [-0.39, 0.29) is 22.9 Å². The Kier molecular flexibility index (Phi) is 12.9. The molecule has 1 N–H and O–H groups in total. The first-order chi connectivity index (χ1) is 17.2. The normalized spacial score (nSPS) is 16.3. The average molecular weight is 534 g/mol. The monoisotopic (exact) mass is 533 g/mol. The maximum absolute atomic E-state index is 11.5. The number of hydrogen-bond acceptors (Lipinski definition) is 7. The minimum Gasteiger partial charge on any atom is -0.464 e. The van der Waals surface area contributed by atoms with E-state index in [0.29, 0.717) is 18.7 Å². The quantitative estimate of drug-likeness (QED) is 0.127. The Balaban J connectivity index is 2.69. The maximum atomic E-state index is 11.5. The molecular formula is C29H47NO6Si. The molecule has 0 saturated heterocycles. The van der Waals surface area contributed by atoms with Gasteiger partial charge in [0.05, 0.1) is 31.8 Å². The van der Waals surface area contributed by atoms with Crippen LogP contribution in [0.4, 0.5) is 0 Å². The van der Waals surface area contributed by atoms with Gasteiger partial charge in [0.1, 0.15) is 6.26 Å². The largest absolute Gasteiger partial charge is 0.464 e. The van der Waals surface area contributed by atoms with E-state index in [4.69, 9.17) is 13.6 Å². The third-order valence-electron chi connectivity index (χ3n) is 6.97. The molecule has 37 heavy (non-hydrogen) atoms. The summed E-state index contributed by atoms with van der Waals surface area (Å²) in [5.74, 6) is -0.144. The fourth-order valence-corrected chi connectivity index (χ4v) is 4.58. The average Bonchev–Trinajstić information content (AvgIpc) is 3.29. The molecular weight excluding hydrogens is 486 g/mol. The van der Waals surface area contributed by atoms with Gasteiger partial charge < -0.3 is 23.4 Å². The summed E-state index contributed by atoms with van der Waals surface area (Å²) in [4.78, 5) is 15.6. The first-order valence-electron chi connectivity index (χ1n) is 12.7. The zero-order valence-electron chi connectivity index (χ0n) is 24.3. The second-order valence-corrected chi connectivity index (χ2v) is 15.9. The molecule has 0 aromatic carbocycles. The van der Waals surface area contributed by atoms with Crippen molar-refractivity contribution < 1.29 is 28.2 Å². The van der Waals surface area contributed by atoms with Crippen molar-refractivity contribution in [1.82, 2.24) is 4.98 Å². The van der Waals surface area contributed by atoms with Gasteiger partial charge in [-0.05, 0) is 31.5 Å². The van der Waals surface area contributed by atoms with Crippen molar-refractivity contribution in [3.63, 3.8) is 0 Å². The Morgan fingerprint density at radius 3 is 2.32 bits per heavy atom. The molecule has 208 valence electrons. The fraction of sp³-hybridized carbons (Fsp3) is 0.586. The lowest BCUT2D eigenvalue weighted by Gasteiger charge is -2.44. The Hall–Kier alpha value is -2.26. The lowest BCUT2D eigenvalue weighted by Crippen LogP contribution is -2.50. The van der Waals surface area contributed by atoms with Gasteiger partial charge in [-0.1, -0.05) is 83.2 Å². The van der Waals surface area contributed by atoms with Crippen molar-refractivity contribution in [2.45, 2.75) is 90.8 Å². The van der Waals surface area contributed by atoms with Crippen LogP contribution in [0, 0.1) is 5.41 Å². The molecule has 0 saturated carbocycles. The molecule has 1 heterocycles. The number of allylic oxidation sites excluding steroid dienone is 5. The SMILES string of the molecule is C/C=C/[C@@H](O[Si](C)(C)C(C)(C)C)C(C)(C)[C@@H](O)C\C=C/C=C\C=C\[C@H](Cc1nc(C(=O)OC)co1)OC. The molecule has 0 amide bonds. The van der Waals surface area contributed by atoms with E-state index in [1.807, 2.05) is 49.5 Å². The van der Waals surface area contributed by atoms with E-state index in [1.165, 1.54) is 13.4 Å². The van der Waals surface area contributed by atoms with E-state index in [0.717, 1.165) is 0 Å². The van der Waals surface area contributed by atoms with Gasteiger partial charge in [0.2, 0.25) is 0 Å². The summed E-state index contributed by atoms with van der Waals surface area (Å²) in [6.45, 7) is 17.3. The smallest absolute Gasteiger partial charge is 0.360 e. The van der Waals surface area contributed by atoms with Gasteiger partial charge in [-0.15, -0.1) is 0 Å². The van der Waals surface area contributed by atoms with Crippen molar-refractivity contribution >= 4 is 14.3 Å². The third kappa shape index (κ3) is 10.2. The van der Waals surface area contributed by atoms with Gasteiger partial charge in [-0.3, -0.25) is 0 Å². The molecule has 0 unspecified atom stereocenters. The minimum atomic E-state index is -2.00. The summed E-state index contributed by atoms with van der Waals surface area (Å²) in [6.07, 6.45) is 16.7. The van der Waals surface area contributed by atoms with Crippen LogP contribution in [0.1, 0.15) is 64.3 Å². The lowest BCUT2D eigenvalue weighted by molar-refractivity contribution is -0.0180. The van der Waals surface area contributed by atoms with Crippen LogP contribution in [-0.2, 0) is 20.3 Å². The second kappa shape index (κ2) is 14.6. The summed E-state index contributed by atoms with van der Waals surface area (Å²) in [6, 6.07) is 0. The van der Waals surface area contributed by atoms with Gasteiger partial charge in [0.15, 0.2) is 19.9 Å². The van der Waals surface area contributed by atoms with Crippen LogP contribution < -0.4 is 0 Å². The molecule has 0 fully saturated rings.